The molecule has 5 nitrogen and oxygen atoms in total. The predicted molar refractivity (Wildman–Crippen MR) is 86.0 cm³/mol. The molecule has 6 heteroatoms. The molecule has 0 bridgehead atoms. The largest absolute Gasteiger partial charge is 0.506 e. The molecule has 1 saturated heterocycles. The van der Waals surface area contributed by atoms with Crippen molar-refractivity contribution in [3.05, 3.63) is 23.8 Å². The van der Waals surface area contributed by atoms with Crippen molar-refractivity contribution in [2.75, 3.05) is 32.1 Å². The number of benzene rings is 1. The molecule has 1 aliphatic heterocycles. The van der Waals surface area contributed by atoms with E-state index in [1.165, 1.54) is 11.8 Å². The lowest BCUT2D eigenvalue weighted by atomic mass is 10.2. The summed E-state index contributed by atoms with van der Waals surface area (Å²) in [4.78, 5) is 14.5. The van der Waals surface area contributed by atoms with E-state index in [1.807, 2.05) is 26.0 Å². The summed E-state index contributed by atoms with van der Waals surface area (Å²) >= 11 is 1.34. The van der Waals surface area contributed by atoms with E-state index in [2.05, 4.69) is 0 Å². The molecule has 0 atom stereocenters. The lowest BCUT2D eigenvalue weighted by Crippen LogP contribution is -2.31. The Labute approximate surface area is 135 Å². The minimum atomic E-state index is -0.521. The summed E-state index contributed by atoms with van der Waals surface area (Å²) in [5.74, 6) is 0.530. The van der Waals surface area contributed by atoms with Crippen LogP contribution >= 0.6 is 11.8 Å². The number of phenolic OH excluding ortho intramolecular Hbond substituents is 1. The van der Waals surface area contributed by atoms with Crippen LogP contribution in [0.2, 0.25) is 0 Å². The van der Waals surface area contributed by atoms with E-state index in [1.54, 1.807) is 11.0 Å². The van der Waals surface area contributed by atoms with Gasteiger partial charge < -0.3 is 19.5 Å². The van der Waals surface area contributed by atoms with Gasteiger partial charge in [0.05, 0.1) is 29.4 Å². The lowest BCUT2D eigenvalue weighted by molar-refractivity contribution is -0.183. The number of thioether (sulfide) groups is 1. The fourth-order valence-corrected chi connectivity index (χ4v) is 3.21. The first-order valence-electron chi connectivity index (χ1n) is 7.63. The number of phenols is 1. The van der Waals surface area contributed by atoms with Gasteiger partial charge in [-0.2, -0.15) is 0 Å². The molecule has 0 radical (unpaired) electrons. The number of para-hydroxylation sites is 1. The van der Waals surface area contributed by atoms with Gasteiger partial charge in [0.2, 0.25) is 5.91 Å². The first kappa shape index (κ1) is 17.1. The van der Waals surface area contributed by atoms with Gasteiger partial charge in [0.15, 0.2) is 6.29 Å². The number of nitrogens with zero attached hydrogens (tertiary/aromatic N) is 1. The van der Waals surface area contributed by atoms with Crippen LogP contribution in [0.15, 0.2) is 23.1 Å². The molecule has 1 fully saturated rings. The second kappa shape index (κ2) is 8.41. The van der Waals surface area contributed by atoms with Crippen molar-refractivity contribution in [1.29, 1.82) is 0 Å². The van der Waals surface area contributed by atoms with E-state index < -0.39 is 6.29 Å². The van der Waals surface area contributed by atoms with Crippen molar-refractivity contribution in [3.63, 3.8) is 0 Å². The van der Waals surface area contributed by atoms with Gasteiger partial charge in [-0.05, 0) is 26.3 Å². The van der Waals surface area contributed by atoms with Crippen LogP contribution in [0, 0.1) is 0 Å². The van der Waals surface area contributed by atoms with E-state index >= 15 is 0 Å². The van der Waals surface area contributed by atoms with Crippen molar-refractivity contribution in [1.82, 2.24) is 4.90 Å². The fourth-order valence-electron chi connectivity index (χ4n) is 2.32. The number of carbonyl (C=O) groups excluding carboxylic acids is 1. The second-order valence-electron chi connectivity index (χ2n) is 4.98. The molecule has 1 amide bonds. The zero-order chi connectivity index (χ0) is 15.9. The Bertz CT molecular complexity index is 499. The normalized spacial score (nSPS) is 15.7. The monoisotopic (exact) mass is 325 g/mol. The van der Waals surface area contributed by atoms with Crippen LogP contribution in [0.25, 0.3) is 0 Å². The number of ether oxygens (including phenoxy) is 2. The average molecular weight is 325 g/mol. The standard InChI is InChI=1S/C16H23NO4S/c1-3-17(4-2)14(18)11-22-13-8-5-7-12(15(13)19)16-20-9-6-10-21-16/h5,7-8,16,19H,3-4,6,9-11H2,1-2H3. The molecule has 0 saturated carbocycles. The summed E-state index contributed by atoms with van der Waals surface area (Å²) in [5, 5.41) is 10.4. The molecule has 0 unspecified atom stereocenters. The van der Waals surface area contributed by atoms with E-state index in [0.717, 1.165) is 6.42 Å². The fraction of sp³-hybridized carbons (Fsp3) is 0.562. The molecule has 22 heavy (non-hydrogen) atoms. The smallest absolute Gasteiger partial charge is 0.232 e. The maximum absolute atomic E-state index is 12.1. The highest BCUT2D eigenvalue weighted by atomic mass is 32.2. The van der Waals surface area contributed by atoms with Crippen LogP contribution in [-0.4, -0.2) is 48.0 Å². The van der Waals surface area contributed by atoms with Crippen LogP contribution < -0.4 is 0 Å². The summed E-state index contributed by atoms with van der Waals surface area (Å²) in [6, 6.07) is 5.45. The van der Waals surface area contributed by atoms with Crippen molar-refractivity contribution >= 4 is 17.7 Å². The molecule has 2 rings (SSSR count). The molecular weight excluding hydrogens is 302 g/mol. The van der Waals surface area contributed by atoms with E-state index in [4.69, 9.17) is 9.47 Å². The highest BCUT2D eigenvalue weighted by molar-refractivity contribution is 8.00. The van der Waals surface area contributed by atoms with E-state index in [9.17, 15) is 9.90 Å². The van der Waals surface area contributed by atoms with E-state index in [0.29, 0.717) is 42.5 Å². The third-order valence-corrected chi connectivity index (χ3v) is 4.61. The maximum Gasteiger partial charge on any atom is 0.232 e. The SMILES string of the molecule is CCN(CC)C(=O)CSc1cccc(C2OCCCO2)c1O. The number of hydrogen-bond acceptors (Lipinski definition) is 5. The second-order valence-corrected chi connectivity index (χ2v) is 5.99. The van der Waals surface area contributed by atoms with E-state index in [-0.39, 0.29) is 11.7 Å². The third-order valence-electron chi connectivity index (χ3n) is 3.58. The van der Waals surface area contributed by atoms with Crippen LogP contribution in [-0.2, 0) is 14.3 Å². The first-order valence-corrected chi connectivity index (χ1v) is 8.61. The molecule has 0 spiro atoms. The molecule has 0 aromatic heterocycles. The van der Waals surface area contributed by atoms with Gasteiger partial charge in [0.1, 0.15) is 5.75 Å². The number of carbonyl (C=O) groups is 1. The zero-order valence-corrected chi connectivity index (χ0v) is 13.9. The first-order chi connectivity index (χ1) is 10.7. The maximum atomic E-state index is 12.1. The zero-order valence-electron chi connectivity index (χ0n) is 13.1. The Hall–Kier alpha value is -1.24. The topological polar surface area (TPSA) is 59.0 Å². The van der Waals surface area contributed by atoms with Crippen molar-refractivity contribution < 1.29 is 19.4 Å². The van der Waals surface area contributed by atoms with Crippen LogP contribution in [0.1, 0.15) is 32.1 Å². The summed E-state index contributed by atoms with van der Waals surface area (Å²) in [6.45, 7) is 6.57. The van der Waals surface area contributed by atoms with Gasteiger partial charge in [-0.3, -0.25) is 4.79 Å². The minimum Gasteiger partial charge on any atom is -0.506 e. The van der Waals surface area contributed by atoms with Crippen LogP contribution in [0.3, 0.4) is 0 Å². The quantitative estimate of drug-likeness (QED) is 0.815. The van der Waals surface area contributed by atoms with Crippen LogP contribution in [0.5, 0.6) is 5.75 Å². The summed E-state index contributed by atoms with van der Waals surface area (Å²) in [7, 11) is 0. The Balaban J connectivity index is 2.04. The number of hydrogen-bond donors (Lipinski definition) is 1. The van der Waals surface area contributed by atoms with Gasteiger partial charge in [-0.15, -0.1) is 11.8 Å². The molecule has 1 aromatic carbocycles. The molecule has 1 heterocycles. The summed E-state index contributed by atoms with van der Waals surface area (Å²) < 4.78 is 11.1. The minimum absolute atomic E-state index is 0.0740. The molecule has 1 aliphatic rings. The molecule has 0 aliphatic carbocycles. The number of aromatic hydroxyl groups is 1. The van der Waals surface area contributed by atoms with Crippen molar-refractivity contribution in [2.24, 2.45) is 0 Å². The molecule has 1 N–H and O–H groups in total. The Kier molecular flexibility index (Phi) is 6.54. The highest BCUT2D eigenvalue weighted by Gasteiger charge is 2.22. The predicted octanol–water partition coefficient (Wildman–Crippen LogP) is 2.79. The van der Waals surface area contributed by atoms with Crippen LogP contribution in [0.4, 0.5) is 0 Å². The van der Waals surface area contributed by atoms with Gasteiger partial charge >= 0.3 is 0 Å². The molecule has 1 aromatic rings. The third kappa shape index (κ3) is 4.15. The Morgan fingerprint density at radius 1 is 1.32 bits per heavy atom. The van der Waals surface area contributed by atoms with Crippen molar-refractivity contribution in [3.8, 4) is 5.75 Å². The van der Waals surface area contributed by atoms with Gasteiger partial charge in [0.25, 0.3) is 0 Å². The van der Waals surface area contributed by atoms with Crippen molar-refractivity contribution in [2.45, 2.75) is 31.5 Å². The van der Waals surface area contributed by atoms with Gasteiger partial charge in [-0.25, -0.2) is 0 Å². The van der Waals surface area contributed by atoms with Gasteiger partial charge in [-0.1, -0.05) is 12.1 Å². The lowest BCUT2D eigenvalue weighted by Gasteiger charge is -2.24. The number of rotatable bonds is 6. The average Bonchev–Trinajstić information content (AvgIpc) is 2.56. The molecular formula is C16H23NO4S. The number of amides is 1. The van der Waals surface area contributed by atoms with Gasteiger partial charge in [0, 0.05) is 13.1 Å². The summed E-state index contributed by atoms with van der Waals surface area (Å²) in [6.07, 6.45) is 0.345. The molecule has 122 valence electrons. The summed E-state index contributed by atoms with van der Waals surface area (Å²) in [5.41, 5.74) is 0.625. The highest BCUT2D eigenvalue weighted by Crippen LogP contribution is 2.37. The Morgan fingerprint density at radius 3 is 2.64 bits per heavy atom. The Morgan fingerprint density at radius 2 is 2.00 bits per heavy atom.